The van der Waals surface area contributed by atoms with Gasteiger partial charge in [-0.3, -0.25) is 9.79 Å². The van der Waals surface area contributed by atoms with E-state index in [1.807, 2.05) is 25.3 Å². The van der Waals surface area contributed by atoms with Crippen molar-refractivity contribution in [2.45, 2.75) is 50.4 Å². The summed E-state index contributed by atoms with van der Waals surface area (Å²) >= 11 is 1.33. The molecule has 1 aromatic heterocycles. The Morgan fingerprint density at radius 3 is 2.73 bits per heavy atom. The zero-order valence-electron chi connectivity index (χ0n) is 21.9. The number of aliphatic imine (C=N–C) groups is 1. The number of dihydropyridines is 1. The molecule has 0 bridgehead atoms. The fraction of sp³-hybridized carbons (Fsp3) is 0.290. The number of anilines is 2. The smallest absolute Gasteiger partial charge is 0.365 e. The van der Waals surface area contributed by atoms with E-state index in [9.17, 15) is 18.0 Å². The van der Waals surface area contributed by atoms with Crippen molar-refractivity contribution in [3.8, 4) is 0 Å². The monoisotopic (exact) mass is 562 g/mol. The average molecular weight is 563 g/mol. The Morgan fingerprint density at radius 1 is 1.18 bits per heavy atom. The number of thiophene rings is 1. The summed E-state index contributed by atoms with van der Waals surface area (Å²) in [5, 5.41) is 0.855. The number of amides is 1. The number of nitrogens with zero attached hydrogens (tertiary/aromatic N) is 2. The average Bonchev–Trinajstić information content (AvgIpc) is 3.61. The quantitative estimate of drug-likeness (QED) is 0.335. The van der Waals surface area contributed by atoms with E-state index < -0.39 is 17.6 Å². The molecule has 206 valence electrons. The summed E-state index contributed by atoms with van der Waals surface area (Å²) in [6.45, 7) is 1.84. The van der Waals surface area contributed by atoms with Crippen LogP contribution in [0.5, 0.6) is 0 Å². The highest BCUT2D eigenvalue weighted by Gasteiger charge is 2.47. The second-order valence-electron chi connectivity index (χ2n) is 10.7. The van der Waals surface area contributed by atoms with E-state index in [1.54, 1.807) is 18.3 Å². The highest BCUT2D eigenvalue weighted by molar-refractivity contribution is 7.18. The van der Waals surface area contributed by atoms with Crippen molar-refractivity contribution >= 4 is 39.7 Å². The molecule has 5 nitrogen and oxygen atoms in total. The Bertz CT molecular complexity index is 1570. The Balaban J connectivity index is 1.29. The number of fused-ring (bicyclic) bond motifs is 1. The second-order valence-corrected chi connectivity index (χ2v) is 11.7. The first kappa shape index (κ1) is 26.5. The van der Waals surface area contributed by atoms with Crippen molar-refractivity contribution in [3.05, 3.63) is 99.6 Å². The van der Waals surface area contributed by atoms with E-state index in [4.69, 9.17) is 11.5 Å². The van der Waals surface area contributed by atoms with E-state index >= 15 is 0 Å². The number of hydrogen-bond donors (Lipinski definition) is 2. The SMILES string of the molecule is CC(c1ccccc1C(F)(F)F)C1CC1c1cc(N2C=CCc3cc(C4=CC=NC(N)C4)ccc32)sc1C(N)=O. The molecule has 4 unspecified atom stereocenters. The third-order valence-corrected chi connectivity index (χ3v) is 9.30. The maximum atomic E-state index is 13.7. The molecule has 40 heavy (non-hydrogen) atoms. The minimum Gasteiger partial charge on any atom is -0.365 e. The van der Waals surface area contributed by atoms with E-state index in [0.717, 1.165) is 45.4 Å². The number of halogens is 3. The molecule has 3 aromatic rings. The topological polar surface area (TPSA) is 84.7 Å². The summed E-state index contributed by atoms with van der Waals surface area (Å²) in [5.41, 5.74) is 16.8. The van der Waals surface area contributed by atoms with Gasteiger partial charge >= 0.3 is 6.18 Å². The van der Waals surface area contributed by atoms with Crippen LogP contribution in [0.25, 0.3) is 5.57 Å². The molecular formula is C31H29F3N4OS. The summed E-state index contributed by atoms with van der Waals surface area (Å²) in [6, 6.07) is 14.1. The van der Waals surface area contributed by atoms with Crippen LogP contribution in [0.15, 0.2) is 71.9 Å². The molecule has 0 radical (unpaired) electrons. The molecule has 0 saturated heterocycles. The molecule has 1 saturated carbocycles. The molecule has 1 amide bonds. The van der Waals surface area contributed by atoms with Gasteiger partial charge in [-0.05, 0) is 88.8 Å². The summed E-state index contributed by atoms with van der Waals surface area (Å²) < 4.78 is 41.0. The van der Waals surface area contributed by atoms with Gasteiger partial charge in [0, 0.05) is 24.5 Å². The lowest BCUT2D eigenvalue weighted by molar-refractivity contribution is -0.138. The van der Waals surface area contributed by atoms with Gasteiger partial charge in [-0.2, -0.15) is 13.2 Å². The normalized spacial score (nSPS) is 22.6. The molecule has 3 aliphatic rings. The highest BCUT2D eigenvalue weighted by Crippen LogP contribution is 2.58. The number of nitrogens with two attached hydrogens (primary N) is 2. The molecule has 2 aliphatic heterocycles. The third-order valence-electron chi connectivity index (χ3n) is 8.13. The fourth-order valence-corrected chi connectivity index (χ4v) is 7.11. The summed E-state index contributed by atoms with van der Waals surface area (Å²) in [6.07, 6.45) is 5.33. The molecule has 9 heteroatoms. The molecule has 2 aromatic carbocycles. The number of rotatable bonds is 6. The lowest BCUT2D eigenvalue weighted by Gasteiger charge is -2.26. The number of hydrogen-bond acceptors (Lipinski definition) is 5. The van der Waals surface area contributed by atoms with Gasteiger partial charge in [0.05, 0.1) is 10.4 Å². The predicted octanol–water partition coefficient (Wildman–Crippen LogP) is 7.12. The van der Waals surface area contributed by atoms with Crippen LogP contribution in [0.1, 0.15) is 69.1 Å². The van der Waals surface area contributed by atoms with Crippen LogP contribution in [0, 0.1) is 5.92 Å². The predicted molar refractivity (Wildman–Crippen MR) is 154 cm³/mol. The Morgan fingerprint density at radius 2 is 1.98 bits per heavy atom. The Labute approximate surface area is 234 Å². The van der Waals surface area contributed by atoms with Crippen LogP contribution < -0.4 is 16.4 Å². The standard InChI is InChI=1S/C31H29F3N4OS/c1-17(21-6-2-3-7-25(21)31(32,33)34)22-15-23(22)24-16-28(40-29(24)30(36)39)38-12-4-5-20-13-18(8-9-26(20)38)19-10-11-37-27(35)14-19/h2-4,6-13,16-17,22-23,27H,5,14-15,35H2,1H3,(H2,36,39). The number of allylic oxidation sites excluding steroid dienone is 2. The molecule has 3 heterocycles. The van der Waals surface area contributed by atoms with Gasteiger partial charge in [0.2, 0.25) is 0 Å². The molecule has 1 fully saturated rings. The lowest BCUT2D eigenvalue weighted by atomic mass is 9.89. The first-order valence-corrected chi connectivity index (χ1v) is 14.1. The maximum Gasteiger partial charge on any atom is 0.416 e. The molecule has 4 atom stereocenters. The fourth-order valence-electron chi connectivity index (χ4n) is 6.03. The molecular weight excluding hydrogens is 533 g/mol. The molecule has 4 N–H and O–H groups in total. The first-order chi connectivity index (χ1) is 19.1. The van der Waals surface area contributed by atoms with Crippen LogP contribution in [0.4, 0.5) is 23.9 Å². The number of carbonyl (C=O) groups excluding carboxylic acids is 1. The number of alkyl halides is 3. The molecule has 0 spiro atoms. The van der Waals surface area contributed by atoms with Crippen molar-refractivity contribution in [1.29, 1.82) is 0 Å². The van der Waals surface area contributed by atoms with E-state index in [1.165, 1.54) is 17.4 Å². The van der Waals surface area contributed by atoms with Gasteiger partial charge in [-0.1, -0.05) is 37.3 Å². The molecule has 6 rings (SSSR count). The maximum absolute atomic E-state index is 13.7. The van der Waals surface area contributed by atoms with Gasteiger partial charge in [0.1, 0.15) is 11.2 Å². The van der Waals surface area contributed by atoms with Crippen LogP contribution >= 0.6 is 11.3 Å². The van der Waals surface area contributed by atoms with Gasteiger partial charge in [0.25, 0.3) is 5.91 Å². The minimum absolute atomic E-state index is 0.00512. The zero-order chi connectivity index (χ0) is 28.2. The van der Waals surface area contributed by atoms with Crippen LogP contribution in [0.3, 0.4) is 0 Å². The number of primary amides is 1. The summed E-state index contributed by atoms with van der Waals surface area (Å²) in [7, 11) is 0. The summed E-state index contributed by atoms with van der Waals surface area (Å²) in [4.78, 5) is 19.2. The largest absolute Gasteiger partial charge is 0.416 e. The highest BCUT2D eigenvalue weighted by atomic mass is 32.1. The van der Waals surface area contributed by atoms with Crippen molar-refractivity contribution in [1.82, 2.24) is 0 Å². The van der Waals surface area contributed by atoms with E-state index in [0.29, 0.717) is 23.3 Å². The van der Waals surface area contributed by atoms with Crippen LogP contribution in [-0.4, -0.2) is 18.3 Å². The van der Waals surface area contributed by atoms with Gasteiger partial charge in [-0.15, -0.1) is 11.3 Å². The van der Waals surface area contributed by atoms with Gasteiger partial charge in [0.15, 0.2) is 0 Å². The molecule has 1 aliphatic carbocycles. The van der Waals surface area contributed by atoms with Crippen molar-refractivity contribution in [2.24, 2.45) is 22.4 Å². The van der Waals surface area contributed by atoms with E-state index in [-0.39, 0.29) is 23.9 Å². The first-order valence-electron chi connectivity index (χ1n) is 13.3. The van der Waals surface area contributed by atoms with Crippen molar-refractivity contribution in [2.75, 3.05) is 4.90 Å². The van der Waals surface area contributed by atoms with Crippen molar-refractivity contribution in [3.63, 3.8) is 0 Å². The number of carbonyl (C=O) groups is 1. The van der Waals surface area contributed by atoms with Crippen LogP contribution in [0.2, 0.25) is 0 Å². The van der Waals surface area contributed by atoms with Crippen molar-refractivity contribution < 1.29 is 18.0 Å². The zero-order valence-corrected chi connectivity index (χ0v) is 22.7. The number of benzene rings is 2. The Kier molecular flexibility index (Phi) is 6.67. The lowest BCUT2D eigenvalue weighted by Crippen LogP contribution is -2.20. The van der Waals surface area contributed by atoms with Gasteiger partial charge in [-0.25, -0.2) is 0 Å². The third kappa shape index (κ3) is 4.88. The van der Waals surface area contributed by atoms with Crippen LogP contribution in [-0.2, 0) is 12.6 Å². The Hall–Kier alpha value is -3.69. The second kappa shape index (κ2) is 10.1. The van der Waals surface area contributed by atoms with E-state index in [2.05, 4.69) is 34.2 Å². The minimum atomic E-state index is -4.41. The summed E-state index contributed by atoms with van der Waals surface area (Å²) in [5.74, 6) is -0.856. The van der Waals surface area contributed by atoms with Gasteiger partial charge < -0.3 is 16.4 Å².